The zero-order valence-electron chi connectivity index (χ0n) is 15.4. The second kappa shape index (κ2) is 8.74. The quantitative estimate of drug-likeness (QED) is 0.800. The van der Waals surface area contributed by atoms with Crippen molar-refractivity contribution in [3.05, 3.63) is 23.3 Å². The van der Waals surface area contributed by atoms with E-state index in [2.05, 4.69) is 0 Å². The Morgan fingerprint density at radius 3 is 2.32 bits per heavy atom. The number of aliphatic hydroxyl groups is 1. The SMILES string of the molecule is CCC(CC)(CN)C(=O)N1Cc2c(OC)ccc(OC)c2C(O)C1.Cl. The molecule has 7 heteroatoms. The molecule has 1 atom stereocenters. The molecule has 0 spiro atoms. The van der Waals surface area contributed by atoms with Gasteiger partial charge < -0.3 is 25.2 Å². The second-order valence-corrected chi connectivity index (χ2v) is 6.26. The number of nitrogens with two attached hydrogens (primary N) is 1. The normalized spacial score (nSPS) is 16.7. The van der Waals surface area contributed by atoms with Crippen LogP contribution in [0.3, 0.4) is 0 Å². The van der Waals surface area contributed by atoms with Crippen molar-refractivity contribution >= 4 is 18.3 Å². The molecule has 1 aliphatic rings. The zero-order chi connectivity index (χ0) is 17.9. The van der Waals surface area contributed by atoms with Crippen molar-refractivity contribution in [2.24, 2.45) is 11.1 Å². The van der Waals surface area contributed by atoms with E-state index in [0.717, 1.165) is 5.56 Å². The fourth-order valence-corrected chi connectivity index (χ4v) is 3.49. The number of hydrogen-bond donors (Lipinski definition) is 2. The molecule has 1 aliphatic heterocycles. The van der Waals surface area contributed by atoms with Gasteiger partial charge in [-0.1, -0.05) is 13.8 Å². The average molecular weight is 373 g/mol. The fourth-order valence-electron chi connectivity index (χ4n) is 3.49. The van der Waals surface area contributed by atoms with Crippen LogP contribution in [-0.4, -0.2) is 43.2 Å². The van der Waals surface area contributed by atoms with E-state index in [4.69, 9.17) is 15.2 Å². The molecule has 1 aromatic rings. The number of fused-ring (bicyclic) bond motifs is 1. The zero-order valence-corrected chi connectivity index (χ0v) is 16.2. The van der Waals surface area contributed by atoms with Crippen molar-refractivity contribution in [2.45, 2.75) is 39.3 Å². The van der Waals surface area contributed by atoms with Crippen LogP contribution in [0.2, 0.25) is 0 Å². The first-order valence-electron chi connectivity index (χ1n) is 8.39. The number of carbonyl (C=O) groups excluding carboxylic acids is 1. The molecular weight excluding hydrogens is 344 g/mol. The van der Waals surface area contributed by atoms with E-state index in [1.807, 2.05) is 13.8 Å². The second-order valence-electron chi connectivity index (χ2n) is 6.26. The summed E-state index contributed by atoms with van der Waals surface area (Å²) < 4.78 is 10.8. The van der Waals surface area contributed by atoms with Crippen LogP contribution in [0, 0.1) is 5.41 Å². The number of ether oxygens (including phenoxy) is 2. The van der Waals surface area contributed by atoms with E-state index in [1.165, 1.54) is 0 Å². The molecule has 25 heavy (non-hydrogen) atoms. The molecule has 1 unspecified atom stereocenters. The standard InChI is InChI=1S/C18H28N2O4.ClH/c1-5-18(6-2,11-19)17(22)20-9-12-14(23-3)7-8-15(24-4)16(12)13(21)10-20;/h7-8,13,21H,5-6,9-11,19H2,1-4H3;1H. The summed E-state index contributed by atoms with van der Waals surface area (Å²) in [5.74, 6) is 1.25. The predicted octanol–water partition coefficient (Wildman–Crippen LogP) is 2.27. The number of nitrogens with zero attached hydrogens (tertiary/aromatic N) is 1. The molecule has 0 saturated heterocycles. The Kier molecular flexibility index (Phi) is 7.53. The Morgan fingerprint density at radius 1 is 1.28 bits per heavy atom. The summed E-state index contributed by atoms with van der Waals surface area (Å²) in [5.41, 5.74) is 6.83. The van der Waals surface area contributed by atoms with Crippen molar-refractivity contribution in [3.63, 3.8) is 0 Å². The molecule has 1 amide bonds. The lowest BCUT2D eigenvalue weighted by Gasteiger charge is -2.39. The number of aliphatic hydroxyl groups excluding tert-OH is 1. The van der Waals surface area contributed by atoms with Crippen molar-refractivity contribution < 1.29 is 19.4 Å². The summed E-state index contributed by atoms with van der Waals surface area (Å²) in [6, 6.07) is 3.58. The Hall–Kier alpha value is -1.50. The highest BCUT2D eigenvalue weighted by Gasteiger charge is 2.40. The molecule has 142 valence electrons. The maximum absolute atomic E-state index is 13.1. The van der Waals surface area contributed by atoms with Gasteiger partial charge in [0.05, 0.1) is 26.2 Å². The van der Waals surface area contributed by atoms with Gasteiger partial charge in [-0.25, -0.2) is 0 Å². The molecule has 0 aliphatic carbocycles. The molecule has 3 N–H and O–H groups in total. The first-order valence-corrected chi connectivity index (χ1v) is 8.39. The molecule has 0 aromatic heterocycles. The van der Waals surface area contributed by atoms with Crippen molar-refractivity contribution in [1.29, 1.82) is 0 Å². The number of carbonyl (C=O) groups is 1. The Bertz CT molecular complexity index is 597. The van der Waals surface area contributed by atoms with Crippen LogP contribution >= 0.6 is 12.4 Å². The van der Waals surface area contributed by atoms with Gasteiger partial charge in [-0.3, -0.25) is 4.79 Å². The van der Waals surface area contributed by atoms with E-state index in [1.54, 1.807) is 31.3 Å². The van der Waals surface area contributed by atoms with Crippen LogP contribution in [0.5, 0.6) is 11.5 Å². The van der Waals surface area contributed by atoms with Gasteiger partial charge in [0.2, 0.25) is 5.91 Å². The number of β-amino-alcohol motifs (C(OH)–C–C–N with tert-alkyl or cyclic N) is 1. The van der Waals surface area contributed by atoms with Crippen LogP contribution in [0.4, 0.5) is 0 Å². The first kappa shape index (κ1) is 21.5. The number of hydrogen-bond acceptors (Lipinski definition) is 5. The molecular formula is C18H29ClN2O4. The maximum atomic E-state index is 13.1. The predicted molar refractivity (Wildman–Crippen MR) is 99.2 cm³/mol. The number of amides is 1. The summed E-state index contributed by atoms with van der Waals surface area (Å²) in [7, 11) is 3.15. The Morgan fingerprint density at radius 2 is 1.84 bits per heavy atom. The van der Waals surface area contributed by atoms with Gasteiger partial charge in [-0.2, -0.15) is 0 Å². The first-order chi connectivity index (χ1) is 11.5. The van der Waals surface area contributed by atoms with Crippen LogP contribution < -0.4 is 15.2 Å². The monoisotopic (exact) mass is 372 g/mol. The minimum atomic E-state index is -0.813. The Labute approximate surface area is 155 Å². The van der Waals surface area contributed by atoms with Crippen LogP contribution in [-0.2, 0) is 11.3 Å². The van der Waals surface area contributed by atoms with E-state index >= 15 is 0 Å². The lowest BCUT2D eigenvalue weighted by molar-refractivity contribution is -0.145. The molecule has 1 aromatic carbocycles. The molecule has 0 fully saturated rings. The van der Waals surface area contributed by atoms with Crippen molar-refractivity contribution in [1.82, 2.24) is 4.90 Å². The minimum absolute atomic E-state index is 0. The highest BCUT2D eigenvalue weighted by Crippen LogP contribution is 2.41. The Balaban J connectivity index is 0.00000312. The van der Waals surface area contributed by atoms with Crippen LogP contribution in [0.1, 0.15) is 43.9 Å². The molecule has 0 bridgehead atoms. The van der Waals surface area contributed by atoms with Crippen LogP contribution in [0.25, 0.3) is 0 Å². The van der Waals surface area contributed by atoms with Gasteiger partial charge in [0, 0.05) is 24.2 Å². The summed E-state index contributed by atoms with van der Waals surface area (Å²) in [5, 5.41) is 10.6. The van der Waals surface area contributed by atoms with Crippen molar-refractivity contribution in [2.75, 3.05) is 27.3 Å². The molecule has 1 heterocycles. The highest BCUT2D eigenvalue weighted by atomic mass is 35.5. The molecule has 2 rings (SSSR count). The van der Waals surface area contributed by atoms with Gasteiger partial charge in [0.1, 0.15) is 17.6 Å². The van der Waals surface area contributed by atoms with Gasteiger partial charge in [0.15, 0.2) is 0 Å². The minimum Gasteiger partial charge on any atom is -0.496 e. The summed E-state index contributed by atoms with van der Waals surface area (Å²) >= 11 is 0. The molecule has 6 nitrogen and oxygen atoms in total. The lowest BCUT2D eigenvalue weighted by atomic mass is 9.80. The third-order valence-electron chi connectivity index (χ3n) is 5.27. The fraction of sp³-hybridized carbons (Fsp3) is 0.611. The summed E-state index contributed by atoms with van der Waals surface area (Å²) in [6.45, 7) is 4.87. The van der Waals surface area contributed by atoms with E-state index in [0.29, 0.717) is 43.0 Å². The van der Waals surface area contributed by atoms with Gasteiger partial charge in [0.25, 0.3) is 0 Å². The highest BCUT2D eigenvalue weighted by molar-refractivity contribution is 5.85. The third kappa shape index (κ3) is 3.71. The van der Waals surface area contributed by atoms with Crippen molar-refractivity contribution in [3.8, 4) is 11.5 Å². The average Bonchev–Trinajstić information content (AvgIpc) is 2.62. The van der Waals surface area contributed by atoms with E-state index in [-0.39, 0.29) is 24.9 Å². The summed E-state index contributed by atoms with van der Waals surface area (Å²) in [4.78, 5) is 14.8. The molecule has 0 radical (unpaired) electrons. The number of methoxy groups -OCH3 is 2. The topological polar surface area (TPSA) is 85.0 Å². The largest absolute Gasteiger partial charge is 0.496 e. The number of benzene rings is 1. The molecule has 0 saturated carbocycles. The van der Waals surface area contributed by atoms with E-state index < -0.39 is 11.5 Å². The van der Waals surface area contributed by atoms with Gasteiger partial charge >= 0.3 is 0 Å². The van der Waals surface area contributed by atoms with Gasteiger partial charge in [-0.05, 0) is 25.0 Å². The summed E-state index contributed by atoms with van der Waals surface area (Å²) in [6.07, 6.45) is 0.535. The smallest absolute Gasteiger partial charge is 0.230 e. The van der Waals surface area contributed by atoms with E-state index in [9.17, 15) is 9.90 Å². The number of rotatable bonds is 6. The number of halogens is 1. The lowest BCUT2D eigenvalue weighted by Crippen LogP contribution is -2.50. The van der Waals surface area contributed by atoms with Gasteiger partial charge in [-0.15, -0.1) is 12.4 Å². The van der Waals surface area contributed by atoms with Crippen LogP contribution in [0.15, 0.2) is 12.1 Å². The maximum Gasteiger partial charge on any atom is 0.230 e. The third-order valence-corrected chi connectivity index (χ3v) is 5.27.